The first-order chi connectivity index (χ1) is 9.91. The smallest absolute Gasteiger partial charge is 0.254 e. The number of benzene rings is 1. The maximum absolute atomic E-state index is 12.8. The van der Waals surface area contributed by atoms with Crippen molar-refractivity contribution in [3.63, 3.8) is 0 Å². The van der Waals surface area contributed by atoms with Crippen LogP contribution in [0.3, 0.4) is 0 Å². The van der Waals surface area contributed by atoms with Crippen LogP contribution < -0.4 is 5.73 Å². The molecule has 0 spiro atoms. The molecule has 0 radical (unpaired) electrons. The van der Waals surface area contributed by atoms with Gasteiger partial charge in [-0.15, -0.1) is 0 Å². The molecule has 1 fully saturated rings. The molecule has 1 aromatic carbocycles. The van der Waals surface area contributed by atoms with Gasteiger partial charge in [0, 0.05) is 18.7 Å². The first-order valence-corrected chi connectivity index (χ1v) is 8.75. The topological polar surface area (TPSA) is 46.3 Å². The number of piperidine rings is 1. The third kappa shape index (κ3) is 3.09. The summed E-state index contributed by atoms with van der Waals surface area (Å²) in [7, 11) is 0. The Morgan fingerprint density at radius 2 is 1.81 bits per heavy atom. The first-order valence-electron chi connectivity index (χ1n) is 7.12. The molecule has 114 valence electrons. The Morgan fingerprint density at radius 1 is 1.29 bits per heavy atom. The van der Waals surface area contributed by atoms with E-state index in [1.165, 1.54) is 0 Å². The fourth-order valence-corrected chi connectivity index (χ4v) is 4.18. The van der Waals surface area contributed by atoms with E-state index in [0.29, 0.717) is 18.1 Å². The van der Waals surface area contributed by atoms with Gasteiger partial charge in [-0.05, 0) is 44.1 Å². The van der Waals surface area contributed by atoms with Crippen LogP contribution in [-0.4, -0.2) is 39.9 Å². The number of likely N-dealkylation sites (tertiary alicyclic amines) is 1. The largest absolute Gasteiger partial charge is 0.392 e. The van der Waals surface area contributed by atoms with Gasteiger partial charge in [-0.2, -0.15) is 11.8 Å². The van der Waals surface area contributed by atoms with Crippen molar-refractivity contribution in [1.82, 2.24) is 4.90 Å². The number of amides is 1. The van der Waals surface area contributed by atoms with E-state index >= 15 is 0 Å². The van der Waals surface area contributed by atoms with Crippen molar-refractivity contribution in [3.05, 3.63) is 34.9 Å². The van der Waals surface area contributed by atoms with Crippen LogP contribution >= 0.6 is 24.0 Å². The second kappa shape index (κ2) is 6.36. The molecule has 0 atom stereocenters. The molecule has 2 N–H and O–H groups in total. The number of rotatable bonds is 3. The second-order valence-electron chi connectivity index (χ2n) is 5.62. The van der Waals surface area contributed by atoms with E-state index in [1.54, 1.807) is 11.8 Å². The Labute approximate surface area is 136 Å². The van der Waals surface area contributed by atoms with Gasteiger partial charge < -0.3 is 10.6 Å². The zero-order chi connectivity index (χ0) is 15.6. The van der Waals surface area contributed by atoms with E-state index in [2.05, 4.69) is 0 Å². The van der Waals surface area contributed by atoms with Crippen molar-refractivity contribution in [2.45, 2.75) is 31.4 Å². The van der Waals surface area contributed by atoms with Crippen molar-refractivity contribution in [2.75, 3.05) is 19.3 Å². The number of carbonyl (C=O) groups is 1. The van der Waals surface area contributed by atoms with Crippen LogP contribution in [0.1, 0.15) is 34.3 Å². The fourth-order valence-electron chi connectivity index (χ4n) is 2.93. The summed E-state index contributed by atoms with van der Waals surface area (Å²) in [5.41, 5.74) is 8.81. The maximum atomic E-state index is 12.8. The molecule has 0 saturated carbocycles. The van der Waals surface area contributed by atoms with Gasteiger partial charge in [0.1, 0.15) is 0 Å². The van der Waals surface area contributed by atoms with E-state index in [-0.39, 0.29) is 10.7 Å². The Balaban J connectivity index is 2.16. The first kappa shape index (κ1) is 16.3. The van der Waals surface area contributed by atoms with Crippen LogP contribution in [0.5, 0.6) is 0 Å². The summed E-state index contributed by atoms with van der Waals surface area (Å²) in [6, 6.07) is 5.97. The molecule has 0 bridgehead atoms. The minimum Gasteiger partial charge on any atom is -0.392 e. The zero-order valence-electron chi connectivity index (χ0n) is 12.8. The number of hydrogen-bond acceptors (Lipinski definition) is 3. The third-order valence-corrected chi connectivity index (χ3v) is 6.32. The molecule has 0 unspecified atom stereocenters. The summed E-state index contributed by atoms with van der Waals surface area (Å²) in [4.78, 5) is 15.3. The highest BCUT2D eigenvalue weighted by Crippen LogP contribution is 2.35. The molecule has 0 aromatic heterocycles. The van der Waals surface area contributed by atoms with Gasteiger partial charge in [-0.25, -0.2) is 0 Å². The van der Waals surface area contributed by atoms with Gasteiger partial charge in [0.15, 0.2) is 0 Å². The molecular formula is C16H22N2OS2. The average Bonchev–Trinajstić information content (AvgIpc) is 2.46. The molecule has 2 rings (SSSR count). The highest BCUT2D eigenvalue weighted by molar-refractivity contribution is 8.02. The summed E-state index contributed by atoms with van der Waals surface area (Å²) in [6.45, 7) is 5.41. The van der Waals surface area contributed by atoms with Gasteiger partial charge in [0.25, 0.3) is 5.91 Å². The Morgan fingerprint density at radius 3 is 2.24 bits per heavy atom. The molecule has 1 aliphatic rings. The van der Waals surface area contributed by atoms with Gasteiger partial charge in [0.05, 0.1) is 9.74 Å². The van der Waals surface area contributed by atoms with Gasteiger partial charge in [-0.1, -0.05) is 30.4 Å². The molecule has 1 saturated heterocycles. The highest BCUT2D eigenvalue weighted by atomic mass is 32.2. The molecule has 5 heteroatoms. The molecule has 3 nitrogen and oxygen atoms in total. The normalized spacial score (nSPS) is 17.6. The van der Waals surface area contributed by atoms with E-state index in [1.807, 2.05) is 43.2 Å². The maximum Gasteiger partial charge on any atom is 0.254 e. The van der Waals surface area contributed by atoms with Gasteiger partial charge >= 0.3 is 0 Å². The van der Waals surface area contributed by atoms with Gasteiger partial charge in [0.2, 0.25) is 0 Å². The summed E-state index contributed by atoms with van der Waals surface area (Å²) in [5.74, 6) is 0.128. The highest BCUT2D eigenvalue weighted by Gasteiger charge is 2.38. The summed E-state index contributed by atoms with van der Waals surface area (Å²) >= 11 is 6.93. The Kier molecular flexibility index (Phi) is 4.94. The number of carbonyl (C=O) groups excluding carboxylic acids is 1. The molecular weight excluding hydrogens is 300 g/mol. The standard InChI is InChI=1S/C16H22N2OS2/c1-11-5-4-6-12(2)13(11)14(19)18-9-7-16(21-3,8-10-18)15(17)20/h4-6H,7-10H2,1-3H3,(H2,17,20). The molecule has 21 heavy (non-hydrogen) atoms. The van der Waals surface area contributed by atoms with Crippen molar-refractivity contribution >= 4 is 34.9 Å². The summed E-state index contributed by atoms with van der Waals surface area (Å²) < 4.78 is -0.146. The van der Waals surface area contributed by atoms with Crippen LogP contribution in [0.15, 0.2) is 18.2 Å². The lowest BCUT2D eigenvalue weighted by molar-refractivity contribution is 0.0717. The van der Waals surface area contributed by atoms with Crippen molar-refractivity contribution in [3.8, 4) is 0 Å². The summed E-state index contributed by atoms with van der Waals surface area (Å²) in [5, 5.41) is 0. The lowest BCUT2D eigenvalue weighted by Crippen LogP contribution is -2.50. The number of aryl methyl sites for hydroxylation is 2. The van der Waals surface area contributed by atoms with Crippen LogP contribution in [0.2, 0.25) is 0 Å². The SMILES string of the molecule is CSC1(C(N)=S)CCN(C(=O)c2c(C)cccc2C)CC1. The van der Waals surface area contributed by atoms with Crippen LogP contribution in [-0.2, 0) is 0 Å². The number of hydrogen-bond donors (Lipinski definition) is 1. The quantitative estimate of drug-likeness (QED) is 0.869. The lowest BCUT2D eigenvalue weighted by atomic mass is 9.94. The number of nitrogens with zero attached hydrogens (tertiary/aromatic N) is 1. The number of nitrogens with two attached hydrogens (primary N) is 1. The number of thiocarbonyl (C=S) groups is 1. The Hall–Kier alpha value is -1.07. The van der Waals surface area contributed by atoms with E-state index in [9.17, 15) is 4.79 Å². The lowest BCUT2D eigenvalue weighted by Gasteiger charge is -2.40. The number of thioether (sulfide) groups is 1. The van der Waals surface area contributed by atoms with Crippen LogP contribution in [0, 0.1) is 13.8 Å². The van der Waals surface area contributed by atoms with E-state index in [4.69, 9.17) is 18.0 Å². The van der Waals surface area contributed by atoms with Crippen molar-refractivity contribution < 1.29 is 4.79 Å². The predicted molar refractivity (Wildman–Crippen MR) is 94.1 cm³/mol. The Bertz CT molecular complexity index is 543. The zero-order valence-corrected chi connectivity index (χ0v) is 14.4. The third-order valence-electron chi connectivity index (χ3n) is 4.39. The molecule has 1 heterocycles. The van der Waals surface area contributed by atoms with E-state index < -0.39 is 0 Å². The van der Waals surface area contributed by atoms with Crippen molar-refractivity contribution in [1.29, 1.82) is 0 Å². The van der Waals surface area contributed by atoms with Crippen LogP contribution in [0.4, 0.5) is 0 Å². The molecule has 0 aliphatic carbocycles. The summed E-state index contributed by atoms with van der Waals surface area (Å²) in [6.07, 6.45) is 3.71. The molecule has 1 amide bonds. The fraction of sp³-hybridized carbons (Fsp3) is 0.500. The van der Waals surface area contributed by atoms with Gasteiger partial charge in [-0.3, -0.25) is 4.79 Å². The minimum absolute atomic E-state index is 0.128. The van der Waals surface area contributed by atoms with Crippen LogP contribution in [0.25, 0.3) is 0 Å². The van der Waals surface area contributed by atoms with E-state index in [0.717, 1.165) is 29.5 Å². The monoisotopic (exact) mass is 322 g/mol. The second-order valence-corrected chi connectivity index (χ2v) is 7.25. The molecule has 1 aliphatic heterocycles. The molecule has 1 aromatic rings. The predicted octanol–water partition coefficient (Wildman–Crippen LogP) is 2.93. The minimum atomic E-state index is -0.146. The average molecular weight is 322 g/mol. The van der Waals surface area contributed by atoms with Crippen molar-refractivity contribution in [2.24, 2.45) is 5.73 Å².